The van der Waals surface area contributed by atoms with E-state index in [1.165, 1.54) is 0 Å². The number of para-hydroxylation sites is 2. The van der Waals surface area contributed by atoms with E-state index in [2.05, 4.69) is 5.32 Å². The number of carbonyl (C=O) groups is 1. The summed E-state index contributed by atoms with van der Waals surface area (Å²) in [7, 11) is 1.99. The van der Waals surface area contributed by atoms with Crippen LogP contribution in [0.15, 0.2) is 59.5 Å². The van der Waals surface area contributed by atoms with Crippen molar-refractivity contribution in [3.63, 3.8) is 0 Å². The van der Waals surface area contributed by atoms with Gasteiger partial charge in [-0.3, -0.25) is 4.79 Å². The van der Waals surface area contributed by atoms with Gasteiger partial charge in [-0.2, -0.15) is 0 Å². The topological polar surface area (TPSA) is 42.8 Å². The molecule has 0 saturated heterocycles. The molecule has 122 valence electrons. The lowest BCUT2D eigenvalue weighted by Crippen LogP contribution is -3.10. The molecule has 1 atom stereocenters. The van der Waals surface area contributed by atoms with Gasteiger partial charge in [0.1, 0.15) is 18.9 Å². The van der Waals surface area contributed by atoms with Gasteiger partial charge in [-0.15, -0.1) is 11.8 Å². The molecule has 0 radical (unpaired) electrons. The van der Waals surface area contributed by atoms with Gasteiger partial charge in [0.05, 0.1) is 12.7 Å². The van der Waals surface area contributed by atoms with Crippen molar-refractivity contribution in [2.45, 2.75) is 4.90 Å². The van der Waals surface area contributed by atoms with Crippen LogP contribution in [0.2, 0.25) is 0 Å². The Morgan fingerprint density at radius 2 is 1.83 bits per heavy atom. The number of likely N-dealkylation sites (N-methyl/N-ethyl adjacent to an activating group) is 1. The van der Waals surface area contributed by atoms with Crippen molar-refractivity contribution in [1.82, 2.24) is 0 Å². The molecule has 0 spiro atoms. The average molecular weight is 331 g/mol. The predicted octanol–water partition coefficient (Wildman–Crippen LogP) is 1.94. The minimum atomic E-state index is 0.0173. The fourth-order valence-electron chi connectivity index (χ4n) is 2.16. The first kappa shape index (κ1) is 17.4. The van der Waals surface area contributed by atoms with Crippen molar-refractivity contribution < 1.29 is 14.4 Å². The lowest BCUT2D eigenvalue weighted by Gasteiger charge is -2.15. The summed E-state index contributed by atoms with van der Waals surface area (Å²) in [5, 5.41) is 2.98. The Bertz CT molecular complexity index is 619. The first-order valence-electron chi connectivity index (χ1n) is 7.61. The Kier molecular flexibility index (Phi) is 6.97. The molecule has 5 heteroatoms. The second kappa shape index (κ2) is 9.22. The summed E-state index contributed by atoms with van der Waals surface area (Å²) >= 11 is 1.63. The summed E-state index contributed by atoms with van der Waals surface area (Å²) in [6, 6.07) is 17.6. The Hall–Kier alpha value is -1.98. The lowest BCUT2D eigenvalue weighted by atomic mass is 10.3. The molecule has 4 nitrogen and oxygen atoms in total. The molecule has 2 N–H and O–H groups in total. The maximum absolute atomic E-state index is 12.1. The third-order valence-electron chi connectivity index (χ3n) is 3.38. The van der Waals surface area contributed by atoms with E-state index >= 15 is 0 Å². The maximum Gasteiger partial charge on any atom is 0.279 e. The predicted molar refractivity (Wildman–Crippen MR) is 95.4 cm³/mol. The number of quaternary nitrogens is 1. The smallest absolute Gasteiger partial charge is 0.279 e. The standard InChI is InChI=1S/C18H22N2O2S/c1-20(12-13-22-15-8-4-3-5-9-15)14-18(21)19-16-10-6-7-11-17(16)23-2/h3-11H,12-14H2,1-2H3,(H,19,21)/p+1. The van der Waals surface area contributed by atoms with E-state index in [0.29, 0.717) is 13.2 Å². The molecule has 0 saturated carbocycles. The highest BCUT2D eigenvalue weighted by Crippen LogP contribution is 2.24. The maximum atomic E-state index is 12.1. The number of hydrogen-bond donors (Lipinski definition) is 2. The van der Waals surface area contributed by atoms with Crippen LogP contribution >= 0.6 is 11.8 Å². The van der Waals surface area contributed by atoms with Crippen molar-refractivity contribution in [2.75, 3.05) is 38.3 Å². The first-order chi connectivity index (χ1) is 11.2. The van der Waals surface area contributed by atoms with Crippen molar-refractivity contribution in [3.05, 3.63) is 54.6 Å². The molecule has 2 rings (SSSR count). The molecule has 23 heavy (non-hydrogen) atoms. The van der Waals surface area contributed by atoms with E-state index in [1.807, 2.05) is 67.9 Å². The SMILES string of the molecule is CSc1ccccc1NC(=O)C[NH+](C)CCOc1ccccc1. The van der Waals surface area contributed by atoms with Gasteiger partial charge >= 0.3 is 0 Å². The number of rotatable bonds is 8. The number of nitrogens with one attached hydrogen (secondary N) is 2. The van der Waals surface area contributed by atoms with Gasteiger partial charge < -0.3 is 15.0 Å². The van der Waals surface area contributed by atoms with E-state index < -0.39 is 0 Å². The van der Waals surface area contributed by atoms with E-state index in [9.17, 15) is 4.79 Å². The molecule has 0 aromatic heterocycles. The average Bonchev–Trinajstić information content (AvgIpc) is 2.56. The molecular weight excluding hydrogens is 308 g/mol. The molecule has 2 aromatic carbocycles. The van der Waals surface area contributed by atoms with Crippen LogP contribution in [0.3, 0.4) is 0 Å². The summed E-state index contributed by atoms with van der Waals surface area (Å²) in [5.74, 6) is 0.877. The van der Waals surface area contributed by atoms with E-state index in [-0.39, 0.29) is 5.91 Å². The minimum Gasteiger partial charge on any atom is -0.488 e. The van der Waals surface area contributed by atoms with Gasteiger partial charge in [0, 0.05) is 4.90 Å². The highest BCUT2D eigenvalue weighted by atomic mass is 32.2. The summed E-state index contributed by atoms with van der Waals surface area (Å²) in [6.45, 7) is 1.78. The van der Waals surface area contributed by atoms with Crippen molar-refractivity contribution >= 4 is 23.4 Å². The third kappa shape index (κ3) is 5.96. The molecule has 0 aliphatic rings. The number of thioether (sulfide) groups is 1. The molecule has 1 unspecified atom stereocenters. The number of hydrogen-bond acceptors (Lipinski definition) is 3. The molecule has 0 heterocycles. The summed E-state index contributed by atoms with van der Waals surface area (Å²) in [4.78, 5) is 14.3. The van der Waals surface area contributed by atoms with Crippen molar-refractivity contribution in [1.29, 1.82) is 0 Å². The molecule has 1 amide bonds. The van der Waals surface area contributed by atoms with Crippen molar-refractivity contribution in [3.8, 4) is 5.75 Å². The van der Waals surface area contributed by atoms with Crippen LogP contribution in [0.25, 0.3) is 0 Å². The van der Waals surface area contributed by atoms with Gasteiger partial charge in [-0.1, -0.05) is 30.3 Å². The number of benzene rings is 2. The van der Waals surface area contributed by atoms with E-state index in [1.54, 1.807) is 11.8 Å². The van der Waals surface area contributed by atoms with Gasteiger partial charge in [0.25, 0.3) is 5.91 Å². The molecule has 0 fully saturated rings. The molecule has 0 aliphatic heterocycles. The van der Waals surface area contributed by atoms with Crippen LogP contribution in [0, 0.1) is 0 Å². The quantitative estimate of drug-likeness (QED) is 0.727. The molecule has 0 bridgehead atoms. The van der Waals surface area contributed by atoms with Crippen LogP contribution in [-0.2, 0) is 4.79 Å². The minimum absolute atomic E-state index is 0.0173. The molecule has 0 aliphatic carbocycles. The highest BCUT2D eigenvalue weighted by molar-refractivity contribution is 7.98. The third-order valence-corrected chi connectivity index (χ3v) is 4.18. The molecular formula is C18H23N2O2S+. The van der Waals surface area contributed by atoms with Crippen LogP contribution in [0.5, 0.6) is 5.75 Å². The second-order valence-electron chi connectivity index (χ2n) is 5.29. The fraction of sp³-hybridized carbons (Fsp3) is 0.278. The normalized spacial score (nSPS) is 11.7. The monoisotopic (exact) mass is 331 g/mol. The summed E-state index contributed by atoms with van der Waals surface area (Å²) in [5.41, 5.74) is 0.873. The zero-order valence-electron chi connectivity index (χ0n) is 13.5. The van der Waals surface area contributed by atoms with E-state index in [4.69, 9.17) is 4.74 Å². The van der Waals surface area contributed by atoms with Crippen LogP contribution in [-0.4, -0.2) is 38.9 Å². The highest BCUT2D eigenvalue weighted by Gasteiger charge is 2.11. The van der Waals surface area contributed by atoms with Crippen molar-refractivity contribution in [2.24, 2.45) is 0 Å². The second-order valence-corrected chi connectivity index (χ2v) is 6.14. The summed E-state index contributed by atoms with van der Waals surface area (Å²) in [6.07, 6.45) is 2.00. The number of anilines is 1. The number of ether oxygens (including phenoxy) is 1. The summed E-state index contributed by atoms with van der Waals surface area (Å²) < 4.78 is 5.66. The Balaban J connectivity index is 1.74. The van der Waals surface area contributed by atoms with Gasteiger partial charge in [0.15, 0.2) is 6.54 Å². The number of carbonyl (C=O) groups excluding carboxylic acids is 1. The van der Waals surface area contributed by atoms with Gasteiger partial charge in [0.2, 0.25) is 0 Å². The zero-order valence-corrected chi connectivity index (χ0v) is 14.4. The Labute approximate surface area is 141 Å². The fourth-order valence-corrected chi connectivity index (χ4v) is 2.72. The number of amides is 1. The van der Waals surface area contributed by atoms with Gasteiger partial charge in [-0.25, -0.2) is 0 Å². The van der Waals surface area contributed by atoms with Gasteiger partial charge in [-0.05, 0) is 30.5 Å². The van der Waals surface area contributed by atoms with E-state index in [0.717, 1.165) is 27.8 Å². The zero-order chi connectivity index (χ0) is 16.5. The largest absolute Gasteiger partial charge is 0.488 e. The lowest BCUT2D eigenvalue weighted by molar-refractivity contribution is -0.871. The molecule has 2 aromatic rings. The first-order valence-corrected chi connectivity index (χ1v) is 8.83. The van der Waals surface area contributed by atoms with Crippen LogP contribution in [0.1, 0.15) is 0 Å². The van der Waals surface area contributed by atoms with Crippen LogP contribution < -0.4 is 15.0 Å². The van der Waals surface area contributed by atoms with Crippen LogP contribution in [0.4, 0.5) is 5.69 Å². The Morgan fingerprint density at radius 1 is 1.13 bits per heavy atom. The Morgan fingerprint density at radius 3 is 2.57 bits per heavy atom.